The van der Waals surface area contributed by atoms with Crippen molar-refractivity contribution >= 4 is 9.76 Å². The van der Waals surface area contributed by atoms with E-state index in [0.29, 0.717) is 0 Å². The van der Waals surface area contributed by atoms with Crippen molar-refractivity contribution in [1.29, 1.82) is 0 Å². The number of hydrogen-bond acceptors (Lipinski definition) is 2. The first kappa shape index (κ1) is 8.14. The largest absolute Gasteiger partial charge is 0.435 e. The van der Waals surface area contributed by atoms with Crippen LogP contribution in [-0.4, -0.2) is 27.8 Å². The van der Waals surface area contributed by atoms with E-state index in [1.165, 1.54) is 0 Å². The average molecular weight is 133 g/mol. The first-order valence-corrected chi connectivity index (χ1v) is 4.28. The fourth-order valence-corrected chi connectivity index (χ4v) is 0.770. The van der Waals surface area contributed by atoms with E-state index in [4.69, 9.17) is 9.53 Å². The van der Waals surface area contributed by atoms with Gasteiger partial charge in [-0.15, -0.1) is 0 Å². The van der Waals surface area contributed by atoms with Gasteiger partial charge in [0.2, 0.25) is 0 Å². The summed E-state index contributed by atoms with van der Waals surface area (Å²) in [4.78, 5) is 8.39. The van der Waals surface area contributed by atoms with Gasteiger partial charge in [-0.3, -0.25) is 0 Å². The fraction of sp³-hybridized carbons (Fsp3) is 1.00. The standard InChI is InChI=1S/C5H13O2Si/c1-2-7-4-3-5-8-6/h6,8H,2-5H2,1H3. The Morgan fingerprint density at radius 3 is 2.88 bits per heavy atom. The van der Waals surface area contributed by atoms with Gasteiger partial charge in [0.1, 0.15) is 0 Å². The molecule has 0 aliphatic heterocycles. The van der Waals surface area contributed by atoms with Crippen molar-refractivity contribution in [3.05, 3.63) is 0 Å². The summed E-state index contributed by atoms with van der Waals surface area (Å²) >= 11 is 0. The first-order chi connectivity index (χ1) is 3.91. The van der Waals surface area contributed by atoms with Crippen LogP contribution < -0.4 is 0 Å². The first-order valence-electron chi connectivity index (χ1n) is 2.95. The molecule has 0 aromatic carbocycles. The molecule has 8 heavy (non-hydrogen) atoms. The van der Waals surface area contributed by atoms with Gasteiger partial charge in [-0.1, -0.05) is 0 Å². The second-order valence-corrected chi connectivity index (χ2v) is 2.46. The quantitative estimate of drug-likeness (QED) is 0.428. The minimum absolute atomic E-state index is 0.302. The minimum Gasteiger partial charge on any atom is -0.435 e. The minimum atomic E-state index is -0.302. The Kier molecular flexibility index (Phi) is 7.26. The Labute approximate surface area is 52.8 Å². The van der Waals surface area contributed by atoms with Crippen molar-refractivity contribution in [2.75, 3.05) is 13.2 Å². The smallest absolute Gasteiger partial charge is 0.188 e. The van der Waals surface area contributed by atoms with Crippen LogP contribution in [0.25, 0.3) is 0 Å². The van der Waals surface area contributed by atoms with Crippen molar-refractivity contribution in [3.63, 3.8) is 0 Å². The van der Waals surface area contributed by atoms with E-state index in [1.54, 1.807) is 0 Å². The summed E-state index contributed by atoms with van der Waals surface area (Å²) in [5, 5.41) is 0. The van der Waals surface area contributed by atoms with Gasteiger partial charge in [0, 0.05) is 13.2 Å². The topological polar surface area (TPSA) is 29.5 Å². The molecule has 0 aromatic heterocycles. The van der Waals surface area contributed by atoms with Crippen molar-refractivity contribution in [1.82, 2.24) is 0 Å². The monoisotopic (exact) mass is 133 g/mol. The second kappa shape index (κ2) is 7.14. The Bertz CT molecular complexity index is 35.4. The molecule has 0 saturated heterocycles. The van der Waals surface area contributed by atoms with Gasteiger partial charge in [-0.25, -0.2) is 0 Å². The van der Waals surface area contributed by atoms with Crippen molar-refractivity contribution in [2.24, 2.45) is 0 Å². The zero-order chi connectivity index (χ0) is 6.24. The molecule has 0 aliphatic carbocycles. The molecule has 49 valence electrons. The average Bonchev–Trinajstić information content (AvgIpc) is 1.81. The summed E-state index contributed by atoms with van der Waals surface area (Å²) in [6, 6.07) is 0.944. The molecule has 0 atom stereocenters. The molecule has 3 heteroatoms. The highest BCUT2D eigenvalue weighted by molar-refractivity contribution is 6.25. The predicted molar refractivity (Wildman–Crippen MR) is 35.3 cm³/mol. The molecular weight excluding hydrogens is 120 g/mol. The SMILES string of the molecule is CCOCCC[SiH]O. The summed E-state index contributed by atoms with van der Waals surface area (Å²) in [6.45, 7) is 3.58. The number of hydrogen-bond donors (Lipinski definition) is 1. The summed E-state index contributed by atoms with van der Waals surface area (Å²) in [5.41, 5.74) is 0. The second-order valence-electron chi connectivity index (χ2n) is 1.52. The van der Waals surface area contributed by atoms with Gasteiger partial charge >= 0.3 is 0 Å². The van der Waals surface area contributed by atoms with Gasteiger partial charge in [0.25, 0.3) is 0 Å². The third-order valence-electron chi connectivity index (χ3n) is 0.826. The summed E-state index contributed by atoms with van der Waals surface area (Å²) in [6.07, 6.45) is 1.01. The summed E-state index contributed by atoms with van der Waals surface area (Å²) in [7, 11) is -0.302. The van der Waals surface area contributed by atoms with Crippen LogP contribution >= 0.6 is 0 Å². The van der Waals surface area contributed by atoms with Crippen LogP contribution in [0.15, 0.2) is 0 Å². The Morgan fingerprint density at radius 2 is 2.38 bits per heavy atom. The van der Waals surface area contributed by atoms with Gasteiger partial charge < -0.3 is 9.53 Å². The lowest BCUT2D eigenvalue weighted by atomic mass is 10.5. The Hall–Kier alpha value is 0.137. The van der Waals surface area contributed by atoms with E-state index >= 15 is 0 Å². The van der Waals surface area contributed by atoms with Gasteiger partial charge in [-0.2, -0.15) is 0 Å². The molecule has 0 rings (SSSR count). The predicted octanol–water partition coefficient (Wildman–Crippen LogP) is 0.175. The van der Waals surface area contributed by atoms with Crippen LogP contribution in [0.4, 0.5) is 0 Å². The Morgan fingerprint density at radius 1 is 1.62 bits per heavy atom. The molecule has 0 fully saturated rings. The van der Waals surface area contributed by atoms with Gasteiger partial charge in [0.05, 0.1) is 0 Å². The summed E-state index contributed by atoms with van der Waals surface area (Å²) in [5.74, 6) is 0. The fourth-order valence-electron chi connectivity index (χ4n) is 0.421. The zero-order valence-electron chi connectivity index (χ0n) is 5.26. The zero-order valence-corrected chi connectivity index (χ0v) is 6.42. The maximum atomic E-state index is 8.39. The molecule has 0 amide bonds. The van der Waals surface area contributed by atoms with E-state index in [2.05, 4.69) is 0 Å². The molecule has 0 aliphatic rings. The lowest BCUT2D eigenvalue weighted by Gasteiger charge is -1.96. The highest BCUT2D eigenvalue weighted by Gasteiger charge is 1.84. The molecule has 1 radical (unpaired) electrons. The van der Waals surface area contributed by atoms with E-state index in [-0.39, 0.29) is 9.76 Å². The Balaban J connectivity index is 2.53. The third-order valence-corrected chi connectivity index (χ3v) is 1.49. The third kappa shape index (κ3) is 6.14. The van der Waals surface area contributed by atoms with Crippen molar-refractivity contribution in [2.45, 2.75) is 19.4 Å². The lowest BCUT2D eigenvalue weighted by molar-refractivity contribution is 0.148. The summed E-state index contributed by atoms with van der Waals surface area (Å²) < 4.78 is 5.04. The molecule has 2 nitrogen and oxygen atoms in total. The van der Waals surface area contributed by atoms with E-state index in [9.17, 15) is 0 Å². The lowest BCUT2D eigenvalue weighted by Crippen LogP contribution is -1.95. The molecule has 0 bridgehead atoms. The number of ether oxygens (including phenoxy) is 1. The maximum Gasteiger partial charge on any atom is 0.188 e. The molecule has 0 heterocycles. The van der Waals surface area contributed by atoms with Crippen molar-refractivity contribution in [3.8, 4) is 0 Å². The van der Waals surface area contributed by atoms with Gasteiger partial charge in [-0.05, 0) is 19.4 Å². The van der Waals surface area contributed by atoms with Crippen molar-refractivity contribution < 1.29 is 9.53 Å². The molecule has 0 aromatic rings. The van der Waals surface area contributed by atoms with Crippen LogP contribution in [0.1, 0.15) is 13.3 Å². The molecule has 0 unspecified atom stereocenters. The van der Waals surface area contributed by atoms with E-state index in [1.807, 2.05) is 6.92 Å². The maximum absolute atomic E-state index is 8.39. The molecule has 0 spiro atoms. The van der Waals surface area contributed by atoms with Gasteiger partial charge in [0.15, 0.2) is 9.76 Å². The van der Waals surface area contributed by atoms with Crippen LogP contribution in [0, 0.1) is 0 Å². The molecular formula is C5H13O2Si. The van der Waals surface area contributed by atoms with Crippen LogP contribution in [-0.2, 0) is 4.74 Å². The highest BCUT2D eigenvalue weighted by Crippen LogP contribution is 1.86. The number of rotatable bonds is 5. The molecule has 0 saturated carbocycles. The normalized spacial score (nSPS) is 9.75. The van der Waals surface area contributed by atoms with E-state index < -0.39 is 0 Å². The van der Waals surface area contributed by atoms with Crippen LogP contribution in [0.5, 0.6) is 0 Å². The highest BCUT2D eigenvalue weighted by atomic mass is 28.2. The van der Waals surface area contributed by atoms with Crippen LogP contribution in [0.2, 0.25) is 6.04 Å². The molecule has 1 N–H and O–H groups in total. The van der Waals surface area contributed by atoms with Crippen LogP contribution in [0.3, 0.4) is 0 Å². The van der Waals surface area contributed by atoms with E-state index in [0.717, 1.165) is 25.7 Å².